The number of benzene rings is 1. The van der Waals surface area contributed by atoms with Crippen LogP contribution in [0.15, 0.2) is 12.1 Å². The molecule has 1 aromatic rings. The normalized spacial score (nSPS) is 15.0. The Balaban J connectivity index is 2.48. The molecule has 1 heterocycles. The van der Waals surface area contributed by atoms with Gasteiger partial charge < -0.3 is 14.6 Å². The second-order valence-corrected chi connectivity index (χ2v) is 3.47. The van der Waals surface area contributed by atoms with Crippen LogP contribution >= 0.6 is 11.6 Å². The Hall–Kier alpha value is -0.930. The van der Waals surface area contributed by atoms with E-state index < -0.39 is 0 Å². The Labute approximate surface area is 87.2 Å². The molecule has 0 saturated carbocycles. The fourth-order valence-electron chi connectivity index (χ4n) is 1.42. The van der Waals surface area contributed by atoms with Gasteiger partial charge in [-0.3, -0.25) is 0 Å². The molecular formula is C10H11ClO3. The molecule has 1 aromatic carbocycles. The standard InChI is InChI=1S/C10H11ClO3/c11-8-2-3-9-10(7(8)6-12)14-5-1-4-13-9/h2-3,12H,1,4-6H2. The van der Waals surface area contributed by atoms with Crippen LogP contribution in [0.1, 0.15) is 12.0 Å². The summed E-state index contributed by atoms with van der Waals surface area (Å²) in [6, 6.07) is 3.47. The third-order valence-electron chi connectivity index (χ3n) is 2.12. The first-order valence-corrected chi connectivity index (χ1v) is 4.88. The van der Waals surface area contributed by atoms with E-state index in [9.17, 15) is 0 Å². The smallest absolute Gasteiger partial charge is 0.168 e. The predicted octanol–water partition coefficient (Wildman–Crippen LogP) is 1.99. The molecule has 0 spiro atoms. The summed E-state index contributed by atoms with van der Waals surface area (Å²) in [7, 11) is 0. The number of fused-ring (bicyclic) bond motifs is 1. The molecule has 0 bridgehead atoms. The summed E-state index contributed by atoms with van der Waals surface area (Å²) in [6.07, 6.45) is 0.844. The number of hydrogen-bond acceptors (Lipinski definition) is 3. The lowest BCUT2D eigenvalue weighted by Crippen LogP contribution is -1.99. The second kappa shape index (κ2) is 4.07. The maximum atomic E-state index is 9.15. The van der Waals surface area contributed by atoms with E-state index in [1.165, 1.54) is 0 Å². The topological polar surface area (TPSA) is 38.7 Å². The molecule has 0 aliphatic carbocycles. The van der Waals surface area contributed by atoms with Crippen LogP contribution in [0.4, 0.5) is 0 Å². The number of hydrogen-bond donors (Lipinski definition) is 1. The van der Waals surface area contributed by atoms with Gasteiger partial charge in [-0.25, -0.2) is 0 Å². The Morgan fingerprint density at radius 3 is 2.86 bits per heavy atom. The van der Waals surface area contributed by atoms with Gasteiger partial charge in [-0.1, -0.05) is 11.6 Å². The first-order chi connectivity index (χ1) is 6.83. The minimum absolute atomic E-state index is 0.134. The van der Waals surface area contributed by atoms with Crippen LogP contribution in [0, 0.1) is 0 Å². The van der Waals surface area contributed by atoms with Crippen LogP contribution in [-0.2, 0) is 6.61 Å². The SMILES string of the molecule is OCc1c(Cl)ccc2c1OCCCO2. The number of halogens is 1. The van der Waals surface area contributed by atoms with Gasteiger partial charge in [0.05, 0.1) is 24.8 Å². The van der Waals surface area contributed by atoms with E-state index in [1.807, 2.05) is 0 Å². The van der Waals surface area contributed by atoms with Gasteiger partial charge in [0.1, 0.15) is 0 Å². The third-order valence-corrected chi connectivity index (χ3v) is 2.47. The molecule has 0 fully saturated rings. The van der Waals surface area contributed by atoms with Crippen molar-refractivity contribution in [3.05, 3.63) is 22.7 Å². The van der Waals surface area contributed by atoms with Crippen LogP contribution in [0.2, 0.25) is 5.02 Å². The highest BCUT2D eigenvalue weighted by molar-refractivity contribution is 6.31. The molecule has 0 saturated heterocycles. The van der Waals surface area contributed by atoms with Crippen molar-refractivity contribution in [3.63, 3.8) is 0 Å². The average Bonchev–Trinajstić information content (AvgIpc) is 2.42. The summed E-state index contributed by atoms with van der Waals surface area (Å²) in [6.45, 7) is 1.10. The van der Waals surface area contributed by atoms with Crippen molar-refractivity contribution in [2.45, 2.75) is 13.0 Å². The van der Waals surface area contributed by atoms with Gasteiger partial charge in [0, 0.05) is 12.0 Å². The molecule has 0 amide bonds. The first kappa shape index (κ1) is 9.62. The molecule has 0 radical (unpaired) electrons. The first-order valence-electron chi connectivity index (χ1n) is 4.51. The molecule has 76 valence electrons. The molecule has 0 aromatic heterocycles. The summed E-state index contributed by atoms with van der Waals surface area (Å²) in [4.78, 5) is 0. The fraction of sp³-hybridized carbons (Fsp3) is 0.400. The van der Waals surface area contributed by atoms with Crippen LogP contribution in [-0.4, -0.2) is 18.3 Å². The van der Waals surface area contributed by atoms with Crippen molar-refractivity contribution in [2.75, 3.05) is 13.2 Å². The summed E-state index contributed by atoms with van der Waals surface area (Å²) >= 11 is 5.92. The molecule has 1 aliphatic heterocycles. The van der Waals surface area contributed by atoms with Crippen molar-refractivity contribution in [1.29, 1.82) is 0 Å². The lowest BCUT2D eigenvalue weighted by Gasteiger charge is -2.11. The Morgan fingerprint density at radius 1 is 1.29 bits per heavy atom. The van der Waals surface area contributed by atoms with Gasteiger partial charge in [-0.2, -0.15) is 0 Å². The number of aliphatic hydroxyl groups excluding tert-OH is 1. The minimum atomic E-state index is -0.134. The minimum Gasteiger partial charge on any atom is -0.490 e. The van der Waals surface area contributed by atoms with Gasteiger partial charge in [-0.15, -0.1) is 0 Å². The van der Waals surface area contributed by atoms with E-state index in [1.54, 1.807) is 12.1 Å². The highest BCUT2D eigenvalue weighted by atomic mass is 35.5. The van der Waals surface area contributed by atoms with Crippen molar-refractivity contribution >= 4 is 11.6 Å². The van der Waals surface area contributed by atoms with Gasteiger partial charge in [0.25, 0.3) is 0 Å². The maximum Gasteiger partial charge on any atom is 0.168 e. The molecule has 2 rings (SSSR count). The molecule has 4 heteroatoms. The maximum absolute atomic E-state index is 9.15. The van der Waals surface area contributed by atoms with Gasteiger partial charge in [0.2, 0.25) is 0 Å². The highest BCUT2D eigenvalue weighted by Gasteiger charge is 2.16. The summed E-state index contributed by atoms with van der Waals surface area (Å²) in [5.41, 5.74) is 0.603. The van der Waals surface area contributed by atoms with Crippen molar-refractivity contribution in [2.24, 2.45) is 0 Å². The largest absolute Gasteiger partial charge is 0.490 e. The zero-order valence-electron chi connectivity index (χ0n) is 7.62. The molecular weight excluding hydrogens is 204 g/mol. The molecule has 1 aliphatic rings. The fourth-order valence-corrected chi connectivity index (χ4v) is 1.63. The number of rotatable bonds is 1. The molecule has 14 heavy (non-hydrogen) atoms. The van der Waals surface area contributed by atoms with E-state index in [2.05, 4.69) is 0 Å². The van der Waals surface area contributed by atoms with Gasteiger partial charge >= 0.3 is 0 Å². The van der Waals surface area contributed by atoms with Crippen molar-refractivity contribution < 1.29 is 14.6 Å². The summed E-state index contributed by atoms with van der Waals surface area (Å²) < 4.78 is 10.9. The molecule has 1 N–H and O–H groups in total. The summed E-state index contributed by atoms with van der Waals surface area (Å²) in [5, 5.41) is 9.66. The van der Waals surface area contributed by atoms with E-state index in [0.717, 1.165) is 6.42 Å². The highest BCUT2D eigenvalue weighted by Crippen LogP contribution is 2.37. The zero-order chi connectivity index (χ0) is 9.97. The van der Waals surface area contributed by atoms with Crippen molar-refractivity contribution in [3.8, 4) is 11.5 Å². The zero-order valence-corrected chi connectivity index (χ0v) is 8.38. The van der Waals surface area contributed by atoms with Crippen LogP contribution in [0.25, 0.3) is 0 Å². The van der Waals surface area contributed by atoms with E-state index in [4.69, 9.17) is 26.2 Å². The Bertz CT molecular complexity index is 338. The Kier molecular flexibility index (Phi) is 2.79. The lowest BCUT2D eigenvalue weighted by molar-refractivity contribution is 0.264. The quantitative estimate of drug-likeness (QED) is 0.777. The van der Waals surface area contributed by atoms with E-state index in [0.29, 0.717) is 35.3 Å². The van der Waals surface area contributed by atoms with Crippen molar-refractivity contribution in [1.82, 2.24) is 0 Å². The second-order valence-electron chi connectivity index (χ2n) is 3.06. The van der Waals surface area contributed by atoms with Crippen LogP contribution in [0.3, 0.4) is 0 Å². The molecule has 0 unspecified atom stereocenters. The van der Waals surface area contributed by atoms with Gasteiger partial charge in [-0.05, 0) is 12.1 Å². The average molecular weight is 215 g/mol. The Morgan fingerprint density at radius 2 is 2.07 bits per heavy atom. The predicted molar refractivity (Wildman–Crippen MR) is 53.0 cm³/mol. The van der Waals surface area contributed by atoms with E-state index in [-0.39, 0.29) is 6.61 Å². The number of ether oxygens (including phenoxy) is 2. The van der Waals surface area contributed by atoms with Crippen LogP contribution in [0.5, 0.6) is 11.5 Å². The molecule has 0 atom stereocenters. The number of aliphatic hydroxyl groups is 1. The third kappa shape index (κ3) is 1.65. The van der Waals surface area contributed by atoms with E-state index >= 15 is 0 Å². The lowest BCUT2D eigenvalue weighted by atomic mass is 10.2. The summed E-state index contributed by atoms with van der Waals surface area (Å²) in [5.74, 6) is 1.24. The monoisotopic (exact) mass is 214 g/mol. The van der Waals surface area contributed by atoms with Gasteiger partial charge in [0.15, 0.2) is 11.5 Å². The van der Waals surface area contributed by atoms with Crippen LogP contribution < -0.4 is 9.47 Å². The molecule has 3 nitrogen and oxygen atoms in total.